The van der Waals surface area contributed by atoms with Crippen LogP contribution >= 0.6 is 0 Å². The molecule has 3 rings (SSSR count). The Morgan fingerprint density at radius 2 is 1.85 bits per heavy atom. The summed E-state index contributed by atoms with van der Waals surface area (Å²) in [4.78, 5) is 27.5. The van der Waals surface area contributed by atoms with Crippen LogP contribution in [0.3, 0.4) is 0 Å². The molecule has 0 aromatic heterocycles. The second-order valence-electron chi connectivity index (χ2n) is 9.37. The van der Waals surface area contributed by atoms with Crippen molar-refractivity contribution in [3.8, 4) is 11.5 Å². The van der Waals surface area contributed by atoms with Gasteiger partial charge in [-0.25, -0.2) is 4.79 Å². The van der Waals surface area contributed by atoms with Gasteiger partial charge < -0.3 is 25.0 Å². The number of carbonyl (C=O) groups is 2. The summed E-state index contributed by atoms with van der Waals surface area (Å²) in [6.07, 6.45) is 2.44. The maximum atomic E-state index is 13.2. The van der Waals surface area contributed by atoms with E-state index in [1.165, 1.54) is 0 Å². The van der Waals surface area contributed by atoms with Gasteiger partial charge in [0.25, 0.3) is 0 Å². The van der Waals surface area contributed by atoms with Crippen LogP contribution in [0.2, 0.25) is 0 Å². The lowest BCUT2D eigenvalue weighted by atomic mass is 10.1. The molecule has 2 aromatic rings. The van der Waals surface area contributed by atoms with Crippen molar-refractivity contribution in [2.24, 2.45) is 0 Å². The minimum absolute atomic E-state index is 0.105. The molecular weight excluding hydrogens is 418 g/mol. The van der Waals surface area contributed by atoms with Crippen LogP contribution < -0.4 is 20.1 Å². The molecule has 1 saturated heterocycles. The second-order valence-corrected chi connectivity index (χ2v) is 9.37. The van der Waals surface area contributed by atoms with Gasteiger partial charge in [0, 0.05) is 18.6 Å². The zero-order valence-corrected chi connectivity index (χ0v) is 20.0. The predicted octanol–water partition coefficient (Wildman–Crippen LogP) is 4.25. The largest absolute Gasteiger partial charge is 0.493 e. The van der Waals surface area contributed by atoms with E-state index >= 15 is 0 Å². The van der Waals surface area contributed by atoms with E-state index in [0.29, 0.717) is 31.1 Å². The molecule has 1 atom stereocenters. The monoisotopic (exact) mass is 453 g/mol. The number of ether oxygens (including phenoxy) is 2. The first-order chi connectivity index (χ1) is 15.8. The summed E-state index contributed by atoms with van der Waals surface area (Å²) in [5.74, 6) is 1.11. The normalized spacial score (nSPS) is 16.4. The summed E-state index contributed by atoms with van der Waals surface area (Å²) >= 11 is 0. The lowest BCUT2D eigenvalue weighted by Gasteiger charge is -2.33. The summed E-state index contributed by atoms with van der Waals surface area (Å²) in [6, 6.07) is 14.8. The van der Waals surface area contributed by atoms with Crippen molar-refractivity contribution < 1.29 is 19.1 Å². The first-order valence-corrected chi connectivity index (χ1v) is 11.5. The fraction of sp³-hybridized carbons (Fsp3) is 0.462. The van der Waals surface area contributed by atoms with Gasteiger partial charge in [0.15, 0.2) is 11.5 Å². The van der Waals surface area contributed by atoms with E-state index in [4.69, 9.17) is 9.47 Å². The second kappa shape index (κ2) is 11.1. The Bertz CT molecular complexity index is 940. The molecule has 1 fully saturated rings. The van der Waals surface area contributed by atoms with E-state index in [-0.39, 0.29) is 18.5 Å². The van der Waals surface area contributed by atoms with Crippen molar-refractivity contribution in [2.45, 2.75) is 64.8 Å². The molecule has 3 amide bonds. The molecule has 0 aliphatic carbocycles. The van der Waals surface area contributed by atoms with Gasteiger partial charge in [-0.2, -0.15) is 0 Å². The van der Waals surface area contributed by atoms with Crippen molar-refractivity contribution in [3.05, 3.63) is 59.7 Å². The Balaban J connectivity index is 1.80. The van der Waals surface area contributed by atoms with Gasteiger partial charge >= 0.3 is 6.03 Å². The van der Waals surface area contributed by atoms with E-state index in [0.717, 1.165) is 24.0 Å². The molecule has 0 bridgehead atoms. The van der Waals surface area contributed by atoms with Crippen LogP contribution in [0.4, 0.5) is 4.79 Å². The molecule has 1 aliphatic rings. The van der Waals surface area contributed by atoms with Crippen LogP contribution in [0.5, 0.6) is 11.5 Å². The molecule has 178 valence electrons. The van der Waals surface area contributed by atoms with Gasteiger partial charge in [-0.05, 0) is 63.3 Å². The van der Waals surface area contributed by atoms with E-state index in [2.05, 4.69) is 10.6 Å². The number of nitrogens with one attached hydrogen (secondary N) is 2. The van der Waals surface area contributed by atoms with Crippen LogP contribution in [0, 0.1) is 0 Å². The zero-order chi connectivity index (χ0) is 23.8. The molecule has 33 heavy (non-hydrogen) atoms. The van der Waals surface area contributed by atoms with Crippen LogP contribution in [0.15, 0.2) is 48.5 Å². The van der Waals surface area contributed by atoms with Crippen molar-refractivity contribution >= 4 is 11.9 Å². The molecule has 2 aromatic carbocycles. The molecule has 0 radical (unpaired) electrons. The number of rotatable bonds is 7. The Kier molecular flexibility index (Phi) is 8.20. The van der Waals surface area contributed by atoms with Crippen LogP contribution in [0.1, 0.15) is 51.2 Å². The predicted molar refractivity (Wildman–Crippen MR) is 128 cm³/mol. The molecule has 7 nitrogen and oxygen atoms in total. The highest BCUT2D eigenvalue weighted by Crippen LogP contribution is 2.30. The molecular formula is C26H35N3O4. The van der Waals surface area contributed by atoms with Gasteiger partial charge in [-0.3, -0.25) is 4.79 Å². The van der Waals surface area contributed by atoms with Gasteiger partial charge in [0.05, 0.1) is 7.11 Å². The molecule has 0 saturated carbocycles. The quantitative estimate of drug-likeness (QED) is 0.657. The third-order valence-electron chi connectivity index (χ3n) is 5.44. The number of hydrogen-bond acceptors (Lipinski definition) is 4. The van der Waals surface area contributed by atoms with E-state index in [1.807, 2.05) is 69.3 Å². The fourth-order valence-corrected chi connectivity index (χ4v) is 3.80. The lowest BCUT2D eigenvalue weighted by Crippen LogP contribution is -2.55. The summed E-state index contributed by atoms with van der Waals surface area (Å²) in [5.41, 5.74) is 1.51. The molecule has 0 spiro atoms. The van der Waals surface area contributed by atoms with Gasteiger partial charge in [-0.1, -0.05) is 36.4 Å². The summed E-state index contributed by atoms with van der Waals surface area (Å²) in [6.45, 7) is 7.15. The van der Waals surface area contributed by atoms with Crippen LogP contribution in [-0.2, 0) is 17.9 Å². The number of urea groups is 1. The third kappa shape index (κ3) is 7.14. The SMILES string of the molecule is COc1cc(CN(C(=O)NC(C)(C)C)C2CCCCNC2=O)ccc1OCc1ccccc1. The first kappa shape index (κ1) is 24.4. The van der Waals surface area contributed by atoms with Crippen molar-refractivity contribution in [3.63, 3.8) is 0 Å². The maximum absolute atomic E-state index is 13.2. The molecule has 2 N–H and O–H groups in total. The van der Waals surface area contributed by atoms with Crippen LogP contribution in [-0.4, -0.2) is 42.1 Å². The average Bonchev–Trinajstić information content (AvgIpc) is 3.00. The van der Waals surface area contributed by atoms with Crippen molar-refractivity contribution in [2.75, 3.05) is 13.7 Å². The highest BCUT2D eigenvalue weighted by molar-refractivity contribution is 5.87. The van der Waals surface area contributed by atoms with Crippen LogP contribution in [0.25, 0.3) is 0 Å². The summed E-state index contributed by atoms with van der Waals surface area (Å²) < 4.78 is 11.5. The number of methoxy groups -OCH3 is 1. The summed E-state index contributed by atoms with van der Waals surface area (Å²) in [7, 11) is 1.59. The maximum Gasteiger partial charge on any atom is 0.318 e. The zero-order valence-electron chi connectivity index (χ0n) is 20.0. The minimum Gasteiger partial charge on any atom is -0.493 e. The number of amides is 3. The van der Waals surface area contributed by atoms with Crippen molar-refractivity contribution in [1.82, 2.24) is 15.5 Å². The number of hydrogen-bond donors (Lipinski definition) is 2. The van der Waals surface area contributed by atoms with Crippen molar-refractivity contribution in [1.29, 1.82) is 0 Å². The Morgan fingerprint density at radius 1 is 1.09 bits per heavy atom. The molecule has 1 aliphatic heterocycles. The number of carbonyl (C=O) groups excluding carboxylic acids is 2. The van der Waals surface area contributed by atoms with Gasteiger partial charge in [-0.15, -0.1) is 0 Å². The highest BCUT2D eigenvalue weighted by Gasteiger charge is 2.32. The average molecular weight is 454 g/mol. The molecule has 1 unspecified atom stereocenters. The smallest absolute Gasteiger partial charge is 0.318 e. The minimum atomic E-state index is -0.519. The Labute approximate surface area is 196 Å². The van der Waals surface area contributed by atoms with E-state index < -0.39 is 11.6 Å². The van der Waals surface area contributed by atoms with E-state index in [9.17, 15) is 9.59 Å². The number of benzene rings is 2. The van der Waals surface area contributed by atoms with Gasteiger partial charge in [0.2, 0.25) is 5.91 Å². The first-order valence-electron chi connectivity index (χ1n) is 11.5. The molecule has 7 heteroatoms. The van der Waals surface area contributed by atoms with Gasteiger partial charge in [0.1, 0.15) is 12.6 Å². The lowest BCUT2D eigenvalue weighted by molar-refractivity contribution is -0.125. The topological polar surface area (TPSA) is 79.9 Å². The standard InChI is InChI=1S/C26H35N3O4/c1-26(2,3)28-25(31)29(21-12-8-9-15-27-24(21)30)17-20-13-14-22(23(16-20)32-4)33-18-19-10-6-5-7-11-19/h5-7,10-11,13-14,16,21H,8-9,12,15,17-18H2,1-4H3,(H,27,30)(H,28,31). The Hall–Kier alpha value is -3.22. The molecule has 1 heterocycles. The highest BCUT2D eigenvalue weighted by atomic mass is 16.5. The summed E-state index contributed by atoms with van der Waals surface area (Å²) in [5, 5.41) is 5.94. The number of nitrogens with zero attached hydrogens (tertiary/aromatic N) is 1. The fourth-order valence-electron chi connectivity index (χ4n) is 3.80. The van der Waals surface area contributed by atoms with E-state index in [1.54, 1.807) is 12.0 Å². The Morgan fingerprint density at radius 3 is 2.55 bits per heavy atom. The third-order valence-corrected chi connectivity index (χ3v) is 5.44.